The number of aromatic nitrogens is 1. The number of carboxylic acid groups (broad SMARTS) is 1. The number of fused-ring (bicyclic) bond motifs is 1. The van der Waals surface area contributed by atoms with Gasteiger partial charge in [-0.1, -0.05) is 36.4 Å². The molecule has 0 saturated carbocycles. The monoisotopic (exact) mass is 399 g/mol. The Morgan fingerprint density at radius 3 is 2.60 bits per heavy atom. The molecule has 0 fully saturated rings. The fraction of sp³-hybridized carbons (Fsp3) is 0.120. The molecule has 0 spiro atoms. The van der Waals surface area contributed by atoms with Gasteiger partial charge < -0.3 is 14.6 Å². The van der Waals surface area contributed by atoms with Gasteiger partial charge in [0, 0.05) is 5.39 Å². The zero-order valence-electron chi connectivity index (χ0n) is 16.5. The van der Waals surface area contributed by atoms with Gasteiger partial charge in [-0.15, -0.1) is 0 Å². The molecule has 0 aliphatic rings. The van der Waals surface area contributed by atoms with Gasteiger partial charge in [-0.2, -0.15) is 0 Å². The summed E-state index contributed by atoms with van der Waals surface area (Å²) in [5, 5.41) is 10.2. The average Bonchev–Trinajstić information content (AvgIpc) is 2.77. The zero-order chi connectivity index (χ0) is 20.9. The number of rotatable bonds is 7. The van der Waals surface area contributed by atoms with Gasteiger partial charge in [0.05, 0.1) is 16.8 Å². The van der Waals surface area contributed by atoms with Crippen LogP contribution in [0, 0.1) is 6.92 Å². The molecule has 0 radical (unpaired) electrons. The number of nitrogens with zero attached hydrogens (tertiary/aromatic N) is 1. The van der Waals surface area contributed by atoms with E-state index in [1.165, 1.54) is 0 Å². The first kappa shape index (κ1) is 19.5. The highest BCUT2D eigenvalue weighted by Crippen LogP contribution is 2.25. The highest BCUT2D eigenvalue weighted by atomic mass is 16.5. The van der Waals surface area contributed by atoms with E-state index >= 15 is 0 Å². The largest absolute Gasteiger partial charge is 0.489 e. The van der Waals surface area contributed by atoms with Crippen molar-refractivity contribution in [1.82, 2.24) is 4.98 Å². The van der Waals surface area contributed by atoms with Crippen LogP contribution in [0.2, 0.25) is 0 Å². The Balaban J connectivity index is 1.39. The van der Waals surface area contributed by atoms with E-state index in [0.29, 0.717) is 19.0 Å². The van der Waals surface area contributed by atoms with Crippen LogP contribution in [0.15, 0.2) is 78.9 Å². The molecule has 30 heavy (non-hydrogen) atoms. The van der Waals surface area contributed by atoms with Gasteiger partial charge in [0.2, 0.25) is 0 Å². The summed E-state index contributed by atoms with van der Waals surface area (Å²) in [5.41, 5.74) is 3.82. The normalized spacial score (nSPS) is 10.7. The molecule has 1 heterocycles. The number of carboxylic acids is 1. The van der Waals surface area contributed by atoms with Crippen molar-refractivity contribution in [2.75, 3.05) is 0 Å². The summed E-state index contributed by atoms with van der Waals surface area (Å²) in [5.74, 6) is 0.518. The van der Waals surface area contributed by atoms with Crippen molar-refractivity contribution in [2.24, 2.45) is 0 Å². The molecule has 4 rings (SSSR count). The fourth-order valence-corrected chi connectivity index (χ4v) is 3.17. The summed E-state index contributed by atoms with van der Waals surface area (Å²) < 4.78 is 11.8. The maximum absolute atomic E-state index is 11.1. The quantitative estimate of drug-likeness (QED) is 0.451. The van der Waals surface area contributed by atoms with Gasteiger partial charge in [0.1, 0.15) is 24.7 Å². The molecule has 1 aromatic heterocycles. The highest BCUT2D eigenvalue weighted by Gasteiger charge is 2.06. The van der Waals surface area contributed by atoms with Crippen molar-refractivity contribution in [3.63, 3.8) is 0 Å². The molecule has 0 saturated heterocycles. The van der Waals surface area contributed by atoms with E-state index < -0.39 is 5.97 Å². The first-order valence-corrected chi connectivity index (χ1v) is 9.62. The maximum Gasteiger partial charge on any atom is 0.335 e. The minimum absolute atomic E-state index is 0.248. The first-order chi connectivity index (χ1) is 14.6. The Labute approximate surface area is 174 Å². The van der Waals surface area contributed by atoms with Crippen molar-refractivity contribution >= 4 is 16.9 Å². The Morgan fingerprint density at radius 1 is 0.900 bits per heavy atom. The third kappa shape index (κ3) is 4.58. The summed E-state index contributed by atoms with van der Waals surface area (Å²) in [7, 11) is 0. The minimum Gasteiger partial charge on any atom is -0.489 e. The molecule has 150 valence electrons. The summed E-state index contributed by atoms with van der Waals surface area (Å²) in [4.78, 5) is 15.7. The van der Waals surface area contributed by atoms with Crippen LogP contribution in [0.3, 0.4) is 0 Å². The van der Waals surface area contributed by atoms with Gasteiger partial charge in [-0.3, -0.25) is 0 Å². The molecular formula is C25H21NO4. The van der Waals surface area contributed by atoms with Crippen LogP contribution in [0.25, 0.3) is 10.9 Å². The lowest BCUT2D eigenvalue weighted by atomic mass is 10.1. The molecule has 3 aromatic carbocycles. The van der Waals surface area contributed by atoms with E-state index in [9.17, 15) is 4.79 Å². The van der Waals surface area contributed by atoms with Gasteiger partial charge in [0.15, 0.2) is 0 Å². The molecular weight excluding hydrogens is 378 g/mol. The third-order valence-corrected chi connectivity index (χ3v) is 4.76. The number of ether oxygens (including phenoxy) is 2. The predicted octanol–water partition coefficient (Wildman–Crippen LogP) is 5.40. The molecule has 0 unspecified atom stereocenters. The number of benzene rings is 3. The van der Waals surface area contributed by atoms with Crippen LogP contribution in [0.5, 0.6) is 11.5 Å². The topological polar surface area (TPSA) is 68.7 Å². The molecule has 0 aliphatic heterocycles. The van der Waals surface area contributed by atoms with E-state index in [4.69, 9.17) is 14.6 Å². The zero-order valence-corrected chi connectivity index (χ0v) is 16.5. The third-order valence-electron chi connectivity index (χ3n) is 4.76. The Bertz CT molecular complexity index is 1200. The summed E-state index contributed by atoms with van der Waals surface area (Å²) >= 11 is 0. The van der Waals surface area contributed by atoms with Crippen molar-refractivity contribution in [2.45, 2.75) is 20.1 Å². The molecule has 0 bridgehead atoms. The van der Waals surface area contributed by atoms with Gasteiger partial charge in [-0.25, -0.2) is 9.78 Å². The maximum atomic E-state index is 11.1. The van der Waals surface area contributed by atoms with Crippen LogP contribution in [0.4, 0.5) is 0 Å². The molecule has 4 aromatic rings. The second-order valence-corrected chi connectivity index (χ2v) is 7.01. The number of carbonyl (C=O) groups is 1. The number of aryl methyl sites for hydroxylation is 1. The van der Waals surface area contributed by atoms with Crippen molar-refractivity contribution < 1.29 is 19.4 Å². The highest BCUT2D eigenvalue weighted by molar-refractivity contribution is 5.87. The van der Waals surface area contributed by atoms with Gasteiger partial charge in [0.25, 0.3) is 0 Å². The minimum atomic E-state index is -0.949. The van der Waals surface area contributed by atoms with E-state index in [0.717, 1.165) is 33.5 Å². The summed E-state index contributed by atoms with van der Waals surface area (Å²) in [6, 6.07) is 24.4. The van der Waals surface area contributed by atoms with E-state index in [1.54, 1.807) is 18.2 Å². The lowest BCUT2D eigenvalue weighted by Crippen LogP contribution is -2.01. The number of hydrogen-bond donors (Lipinski definition) is 1. The smallest absolute Gasteiger partial charge is 0.335 e. The molecule has 0 aliphatic carbocycles. The first-order valence-electron chi connectivity index (χ1n) is 9.62. The molecule has 1 N–H and O–H groups in total. The number of pyridine rings is 1. The van der Waals surface area contributed by atoms with Crippen molar-refractivity contribution in [3.8, 4) is 11.5 Å². The van der Waals surface area contributed by atoms with Crippen LogP contribution in [-0.4, -0.2) is 16.1 Å². The van der Waals surface area contributed by atoms with Gasteiger partial charge >= 0.3 is 5.97 Å². The number of aromatic carboxylic acids is 1. The number of hydrogen-bond acceptors (Lipinski definition) is 4. The van der Waals surface area contributed by atoms with Crippen molar-refractivity contribution in [1.29, 1.82) is 0 Å². The van der Waals surface area contributed by atoms with E-state index in [2.05, 4.69) is 4.98 Å². The van der Waals surface area contributed by atoms with E-state index in [-0.39, 0.29) is 5.56 Å². The van der Waals surface area contributed by atoms with Crippen LogP contribution in [0.1, 0.15) is 27.2 Å². The fourth-order valence-electron chi connectivity index (χ4n) is 3.17. The summed E-state index contributed by atoms with van der Waals surface area (Å²) in [6.07, 6.45) is 0. The Hall–Kier alpha value is -3.86. The van der Waals surface area contributed by atoms with E-state index in [1.807, 2.05) is 67.6 Å². The lowest BCUT2D eigenvalue weighted by Gasteiger charge is -2.12. The molecule has 5 nitrogen and oxygen atoms in total. The van der Waals surface area contributed by atoms with Gasteiger partial charge in [-0.05, 0) is 60.5 Å². The second kappa shape index (κ2) is 8.66. The number of para-hydroxylation sites is 1. The SMILES string of the molecule is Cc1cc(OCc2cccc(C(=O)O)c2)ccc1OCc1ccc2ccccc2n1. The predicted molar refractivity (Wildman–Crippen MR) is 115 cm³/mol. The average molecular weight is 399 g/mol. The molecule has 0 amide bonds. The second-order valence-electron chi connectivity index (χ2n) is 7.01. The Morgan fingerprint density at radius 2 is 1.77 bits per heavy atom. The lowest BCUT2D eigenvalue weighted by molar-refractivity contribution is 0.0696. The van der Waals surface area contributed by atoms with Crippen LogP contribution >= 0.6 is 0 Å². The summed E-state index contributed by atoms with van der Waals surface area (Å²) in [6.45, 7) is 2.64. The Kier molecular flexibility index (Phi) is 5.61. The standard InChI is InChI=1S/C25H21NO4/c1-17-13-22(29-15-18-5-4-7-20(14-18)25(27)28)11-12-24(17)30-16-21-10-9-19-6-2-3-8-23(19)26-21/h2-14H,15-16H2,1H3,(H,27,28). The van der Waals surface area contributed by atoms with Crippen molar-refractivity contribution in [3.05, 3.63) is 101 Å². The molecule has 5 heteroatoms. The van der Waals surface area contributed by atoms with Crippen LogP contribution < -0.4 is 9.47 Å². The van der Waals surface area contributed by atoms with Crippen LogP contribution in [-0.2, 0) is 13.2 Å². The molecule has 0 atom stereocenters.